The molecule has 0 N–H and O–H groups in total. The smallest absolute Gasteiger partial charge is 0.162 e. The van der Waals surface area contributed by atoms with Gasteiger partial charge in [-0.25, -0.2) is 9.50 Å². The fourth-order valence-electron chi connectivity index (χ4n) is 5.39. The number of piperidine rings is 1. The topological polar surface area (TPSA) is 52.8 Å². The summed E-state index contributed by atoms with van der Waals surface area (Å²) in [5, 5.41) is 5.80. The summed E-state index contributed by atoms with van der Waals surface area (Å²) in [5.41, 5.74) is 6.44. The highest BCUT2D eigenvalue weighted by molar-refractivity contribution is 5.97. The Bertz CT molecular complexity index is 1280. The summed E-state index contributed by atoms with van der Waals surface area (Å²) in [6.45, 7) is 9.03. The van der Waals surface area contributed by atoms with Gasteiger partial charge in [-0.05, 0) is 50.1 Å². The number of nitrogens with zero attached hydrogens (tertiary/aromatic N) is 7. The molecule has 2 fully saturated rings. The maximum Gasteiger partial charge on any atom is 0.162 e. The van der Waals surface area contributed by atoms with Gasteiger partial charge in [0.15, 0.2) is 5.65 Å². The van der Waals surface area contributed by atoms with Crippen molar-refractivity contribution in [1.29, 1.82) is 0 Å². The van der Waals surface area contributed by atoms with E-state index in [4.69, 9.17) is 4.98 Å². The maximum absolute atomic E-state index is 4.86. The molecule has 3 aromatic heterocycles. The number of likely N-dealkylation sites (N-methyl/N-ethyl adjacent to an activating group) is 1. The van der Waals surface area contributed by atoms with E-state index >= 15 is 0 Å². The lowest BCUT2D eigenvalue weighted by Crippen LogP contribution is -2.52. The Kier molecular flexibility index (Phi) is 5.23. The predicted molar refractivity (Wildman–Crippen MR) is 133 cm³/mol. The molecule has 2 aliphatic rings. The molecule has 4 aromatic rings. The van der Waals surface area contributed by atoms with E-state index < -0.39 is 0 Å². The van der Waals surface area contributed by atoms with Gasteiger partial charge in [0.2, 0.25) is 0 Å². The number of aromatic nitrogens is 4. The van der Waals surface area contributed by atoms with Crippen LogP contribution in [-0.4, -0.2) is 81.7 Å². The van der Waals surface area contributed by atoms with Crippen molar-refractivity contribution in [3.8, 4) is 11.1 Å². The molecule has 7 nitrogen and oxygen atoms in total. The molecule has 0 saturated carbocycles. The molecule has 33 heavy (non-hydrogen) atoms. The Morgan fingerprint density at radius 3 is 2.52 bits per heavy atom. The summed E-state index contributed by atoms with van der Waals surface area (Å²) < 4.78 is 1.93. The van der Waals surface area contributed by atoms with Crippen LogP contribution < -0.4 is 4.90 Å². The lowest BCUT2D eigenvalue weighted by molar-refractivity contribution is 0.0982. The minimum atomic E-state index is 0.714. The Labute approximate surface area is 194 Å². The van der Waals surface area contributed by atoms with E-state index in [-0.39, 0.29) is 0 Å². The highest BCUT2D eigenvalue weighted by Crippen LogP contribution is 2.31. The number of anilines is 1. The third kappa shape index (κ3) is 3.85. The van der Waals surface area contributed by atoms with Crippen LogP contribution in [0.2, 0.25) is 0 Å². The second-order valence-electron chi connectivity index (χ2n) is 9.58. The molecule has 0 amide bonds. The average molecular weight is 442 g/mol. The summed E-state index contributed by atoms with van der Waals surface area (Å²) in [7, 11) is 2.22. The van der Waals surface area contributed by atoms with E-state index in [0.29, 0.717) is 6.04 Å². The van der Waals surface area contributed by atoms with Crippen molar-refractivity contribution in [3.63, 3.8) is 0 Å². The summed E-state index contributed by atoms with van der Waals surface area (Å²) in [5.74, 6) is 0. The second kappa shape index (κ2) is 8.39. The fraction of sp³-hybridized carbons (Fsp3) is 0.423. The molecule has 5 heterocycles. The fourth-order valence-corrected chi connectivity index (χ4v) is 5.39. The first-order valence-electron chi connectivity index (χ1n) is 12.0. The van der Waals surface area contributed by atoms with Gasteiger partial charge in [-0.1, -0.05) is 12.1 Å². The van der Waals surface area contributed by atoms with Gasteiger partial charge < -0.3 is 9.80 Å². The maximum atomic E-state index is 4.86. The van der Waals surface area contributed by atoms with Crippen LogP contribution in [0.25, 0.3) is 27.7 Å². The zero-order valence-electron chi connectivity index (χ0n) is 19.5. The molecule has 0 atom stereocenters. The summed E-state index contributed by atoms with van der Waals surface area (Å²) in [4.78, 5) is 17.0. The minimum Gasteiger partial charge on any atom is -0.369 e. The number of rotatable bonds is 3. The molecule has 0 spiro atoms. The molecule has 0 aliphatic carbocycles. The van der Waals surface area contributed by atoms with E-state index in [1.807, 2.05) is 23.1 Å². The third-order valence-electron chi connectivity index (χ3n) is 7.42. The molecule has 0 unspecified atom stereocenters. The molecule has 7 heteroatoms. The largest absolute Gasteiger partial charge is 0.369 e. The lowest BCUT2D eigenvalue weighted by Gasteiger charge is -2.42. The van der Waals surface area contributed by atoms with E-state index in [9.17, 15) is 0 Å². The number of aryl methyl sites for hydroxylation is 1. The highest BCUT2D eigenvalue weighted by atomic mass is 15.3. The van der Waals surface area contributed by atoms with Crippen molar-refractivity contribution in [1.82, 2.24) is 29.4 Å². The van der Waals surface area contributed by atoms with E-state index in [2.05, 4.69) is 69.2 Å². The first kappa shape index (κ1) is 20.6. The number of benzene rings is 1. The molecule has 0 radical (unpaired) electrons. The zero-order valence-corrected chi connectivity index (χ0v) is 19.5. The van der Waals surface area contributed by atoms with Gasteiger partial charge in [-0.3, -0.25) is 9.88 Å². The number of hydrogen-bond acceptors (Lipinski definition) is 6. The zero-order chi connectivity index (χ0) is 22.4. The Hall–Kier alpha value is -3.03. The standard InChI is InChI=1S/C26H31N7/c1-19-3-4-23-22(5-8-27-25(23)15-19)24-17-29-33-18-21(16-28-26(24)33)31-9-6-20(7-10-31)32-13-11-30(2)12-14-32/h3-5,8,15-18,20H,6-7,9-14H2,1-2H3. The van der Waals surface area contributed by atoms with Crippen molar-refractivity contribution in [2.45, 2.75) is 25.8 Å². The van der Waals surface area contributed by atoms with Gasteiger partial charge in [0.25, 0.3) is 0 Å². The predicted octanol–water partition coefficient (Wildman–Crippen LogP) is 3.47. The average Bonchev–Trinajstić information content (AvgIpc) is 3.27. The van der Waals surface area contributed by atoms with Crippen LogP contribution in [0.15, 0.2) is 49.1 Å². The third-order valence-corrected chi connectivity index (χ3v) is 7.42. The van der Waals surface area contributed by atoms with Crippen molar-refractivity contribution >= 4 is 22.2 Å². The van der Waals surface area contributed by atoms with Gasteiger partial charge in [0.1, 0.15) is 0 Å². The molecule has 2 saturated heterocycles. The van der Waals surface area contributed by atoms with E-state index in [0.717, 1.165) is 46.5 Å². The molecule has 0 bridgehead atoms. The lowest BCUT2D eigenvalue weighted by atomic mass is 10.0. The van der Waals surface area contributed by atoms with Gasteiger partial charge in [-0.15, -0.1) is 0 Å². The highest BCUT2D eigenvalue weighted by Gasteiger charge is 2.27. The Morgan fingerprint density at radius 2 is 1.70 bits per heavy atom. The second-order valence-corrected chi connectivity index (χ2v) is 9.58. The van der Waals surface area contributed by atoms with E-state index in [1.54, 1.807) is 0 Å². The number of fused-ring (bicyclic) bond motifs is 2. The molecule has 1 aromatic carbocycles. The SMILES string of the molecule is Cc1ccc2c(-c3cnn4cc(N5CCC(N6CCN(C)CC6)CC5)cnc34)ccnc2c1. The first-order chi connectivity index (χ1) is 16.2. The van der Waals surface area contributed by atoms with Crippen molar-refractivity contribution in [2.24, 2.45) is 0 Å². The van der Waals surface area contributed by atoms with Crippen molar-refractivity contribution < 1.29 is 0 Å². The Morgan fingerprint density at radius 1 is 0.879 bits per heavy atom. The molecular weight excluding hydrogens is 410 g/mol. The van der Waals surface area contributed by atoms with Crippen LogP contribution in [0.3, 0.4) is 0 Å². The van der Waals surface area contributed by atoms with Crippen LogP contribution in [0.5, 0.6) is 0 Å². The minimum absolute atomic E-state index is 0.714. The van der Waals surface area contributed by atoms with Crippen LogP contribution >= 0.6 is 0 Å². The molecule has 2 aliphatic heterocycles. The monoisotopic (exact) mass is 441 g/mol. The van der Waals surface area contributed by atoms with Crippen LogP contribution in [0, 0.1) is 6.92 Å². The van der Waals surface area contributed by atoms with Crippen molar-refractivity contribution in [2.75, 3.05) is 51.2 Å². The van der Waals surface area contributed by atoms with Gasteiger partial charge in [0.05, 0.1) is 29.8 Å². The van der Waals surface area contributed by atoms with Gasteiger partial charge >= 0.3 is 0 Å². The van der Waals surface area contributed by atoms with Crippen LogP contribution in [0.4, 0.5) is 5.69 Å². The van der Waals surface area contributed by atoms with Gasteiger partial charge in [-0.2, -0.15) is 5.10 Å². The van der Waals surface area contributed by atoms with Crippen molar-refractivity contribution in [3.05, 3.63) is 54.6 Å². The Balaban J connectivity index is 1.23. The summed E-state index contributed by atoms with van der Waals surface area (Å²) >= 11 is 0. The summed E-state index contributed by atoms with van der Waals surface area (Å²) in [6.07, 6.45) is 10.4. The first-order valence-corrected chi connectivity index (χ1v) is 12.0. The molecule has 170 valence electrons. The van der Waals surface area contributed by atoms with Gasteiger partial charge in [0, 0.05) is 62.5 Å². The number of hydrogen-bond donors (Lipinski definition) is 0. The molecular formula is C26H31N7. The normalized spacial score (nSPS) is 19.0. The quantitative estimate of drug-likeness (QED) is 0.485. The molecule has 6 rings (SSSR count). The number of piperazine rings is 1. The van der Waals surface area contributed by atoms with E-state index in [1.165, 1.54) is 44.6 Å². The number of pyridine rings is 1. The van der Waals surface area contributed by atoms with Crippen LogP contribution in [-0.2, 0) is 0 Å². The van der Waals surface area contributed by atoms with Crippen LogP contribution in [0.1, 0.15) is 18.4 Å². The summed E-state index contributed by atoms with van der Waals surface area (Å²) in [6, 6.07) is 9.19.